The van der Waals surface area contributed by atoms with Crippen LogP contribution in [0.25, 0.3) is 0 Å². The fraction of sp³-hybridized carbons (Fsp3) is 0.100. The summed E-state index contributed by atoms with van der Waals surface area (Å²) >= 11 is 0. The van der Waals surface area contributed by atoms with Gasteiger partial charge in [0.05, 0.1) is 5.69 Å². The van der Waals surface area contributed by atoms with Crippen molar-refractivity contribution in [2.45, 2.75) is 6.92 Å². The van der Waals surface area contributed by atoms with Crippen LogP contribution in [0.4, 0.5) is 5.69 Å². The largest absolute Gasteiger partial charge is 0.257 e. The fourth-order valence-corrected chi connectivity index (χ4v) is 0.699. The Labute approximate surface area is 67.1 Å². The molecule has 0 saturated carbocycles. The summed E-state index contributed by atoms with van der Waals surface area (Å²) in [5, 5.41) is 0. The van der Waals surface area contributed by atoms with Crippen molar-refractivity contribution in [2.75, 3.05) is 0 Å². The van der Waals surface area contributed by atoms with Crippen molar-refractivity contribution in [3.63, 3.8) is 0 Å². The first-order valence-corrected chi connectivity index (χ1v) is 3.53. The minimum atomic E-state index is 0.967. The smallest absolute Gasteiger partial charge is 0.0629 e. The van der Waals surface area contributed by atoms with Crippen molar-refractivity contribution in [2.24, 2.45) is 4.99 Å². The molecule has 0 radical (unpaired) electrons. The summed E-state index contributed by atoms with van der Waals surface area (Å²) < 4.78 is 0. The van der Waals surface area contributed by atoms with E-state index < -0.39 is 0 Å². The summed E-state index contributed by atoms with van der Waals surface area (Å²) in [7, 11) is 0. The fourth-order valence-electron chi connectivity index (χ4n) is 0.699. The van der Waals surface area contributed by atoms with Gasteiger partial charge in [0.1, 0.15) is 0 Å². The molecule has 0 spiro atoms. The molecule has 1 aromatic carbocycles. The highest BCUT2D eigenvalue weighted by Gasteiger charge is 1.81. The second-order valence-electron chi connectivity index (χ2n) is 2.44. The first-order valence-electron chi connectivity index (χ1n) is 3.53. The van der Waals surface area contributed by atoms with Crippen LogP contribution < -0.4 is 0 Å². The number of para-hydroxylation sites is 1. The third-order valence-corrected chi connectivity index (χ3v) is 1.19. The van der Waals surface area contributed by atoms with Gasteiger partial charge in [-0.15, -0.1) is 0 Å². The van der Waals surface area contributed by atoms with Gasteiger partial charge in [-0.3, -0.25) is 4.99 Å². The molecule has 0 aromatic heterocycles. The van der Waals surface area contributed by atoms with Gasteiger partial charge in [0.15, 0.2) is 0 Å². The van der Waals surface area contributed by atoms with Crippen molar-refractivity contribution in [3.05, 3.63) is 42.5 Å². The Morgan fingerprint density at radius 1 is 1.36 bits per heavy atom. The summed E-state index contributed by atoms with van der Waals surface area (Å²) in [6.07, 6.45) is 1.76. The first kappa shape index (κ1) is 7.73. The van der Waals surface area contributed by atoms with Gasteiger partial charge in [-0.2, -0.15) is 0 Å². The molecule has 56 valence electrons. The molecule has 0 fully saturated rings. The average molecular weight is 145 g/mol. The number of hydrogen-bond acceptors (Lipinski definition) is 1. The van der Waals surface area contributed by atoms with Gasteiger partial charge in [0.25, 0.3) is 0 Å². The quantitative estimate of drug-likeness (QED) is 0.567. The topological polar surface area (TPSA) is 12.4 Å². The maximum Gasteiger partial charge on any atom is 0.0629 e. The summed E-state index contributed by atoms with van der Waals surface area (Å²) in [5.41, 5.74) is 1.93. The zero-order valence-electron chi connectivity index (χ0n) is 6.62. The number of allylic oxidation sites excluding steroid dienone is 1. The van der Waals surface area contributed by atoms with Crippen LogP contribution in [0.2, 0.25) is 0 Å². The lowest BCUT2D eigenvalue weighted by Crippen LogP contribution is -1.71. The molecular formula is C10H11N. The number of aliphatic imine (C=N–C) groups is 1. The van der Waals surface area contributed by atoms with E-state index in [0.717, 1.165) is 11.3 Å². The molecule has 0 heterocycles. The lowest BCUT2D eigenvalue weighted by molar-refractivity contribution is 1.52. The van der Waals surface area contributed by atoms with Crippen molar-refractivity contribution >= 4 is 11.9 Å². The van der Waals surface area contributed by atoms with Crippen LogP contribution in [0.1, 0.15) is 6.92 Å². The van der Waals surface area contributed by atoms with Crippen molar-refractivity contribution in [1.29, 1.82) is 0 Å². The van der Waals surface area contributed by atoms with E-state index in [1.807, 2.05) is 37.3 Å². The Kier molecular flexibility index (Phi) is 2.61. The van der Waals surface area contributed by atoms with Gasteiger partial charge in [-0.1, -0.05) is 24.8 Å². The van der Waals surface area contributed by atoms with Crippen molar-refractivity contribution in [3.8, 4) is 0 Å². The molecule has 1 rings (SSSR count). The monoisotopic (exact) mass is 145 g/mol. The van der Waals surface area contributed by atoms with E-state index in [4.69, 9.17) is 0 Å². The normalized spacial score (nSPS) is 10.3. The third kappa shape index (κ3) is 2.80. The molecule has 11 heavy (non-hydrogen) atoms. The predicted octanol–water partition coefficient (Wildman–Crippen LogP) is 2.97. The van der Waals surface area contributed by atoms with Gasteiger partial charge < -0.3 is 0 Å². The van der Waals surface area contributed by atoms with Gasteiger partial charge in [-0.25, -0.2) is 0 Å². The van der Waals surface area contributed by atoms with Crippen LogP contribution in [-0.2, 0) is 0 Å². The zero-order valence-corrected chi connectivity index (χ0v) is 6.62. The van der Waals surface area contributed by atoms with Crippen LogP contribution in [0.5, 0.6) is 0 Å². The van der Waals surface area contributed by atoms with Crippen molar-refractivity contribution in [1.82, 2.24) is 0 Å². The van der Waals surface area contributed by atoms with Crippen LogP contribution in [0, 0.1) is 0 Å². The Hall–Kier alpha value is -1.37. The summed E-state index contributed by atoms with van der Waals surface area (Å²) in [4.78, 5) is 4.18. The van der Waals surface area contributed by atoms with Crippen LogP contribution in [0.15, 0.2) is 47.5 Å². The van der Waals surface area contributed by atoms with Crippen molar-refractivity contribution < 1.29 is 0 Å². The van der Waals surface area contributed by atoms with E-state index in [-0.39, 0.29) is 0 Å². The van der Waals surface area contributed by atoms with E-state index in [9.17, 15) is 0 Å². The maximum atomic E-state index is 4.18. The molecule has 0 aliphatic carbocycles. The Morgan fingerprint density at radius 3 is 2.55 bits per heavy atom. The van der Waals surface area contributed by atoms with Gasteiger partial charge in [0.2, 0.25) is 0 Å². The van der Waals surface area contributed by atoms with Gasteiger partial charge in [0, 0.05) is 6.21 Å². The molecule has 0 amide bonds. The lowest BCUT2D eigenvalue weighted by Gasteiger charge is -1.89. The molecule has 0 aliphatic rings. The number of rotatable bonds is 2. The minimum Gasteiger partial charge on any atom is -0.257 e. The molecule has 0 aliphatic heterocycles. The highest BCUT2D eigenvalue weighted by Crippen LogP contribution is 2.08. The SMILES string of the molecule is C=C(C)/C=N\c1ccccc1. The zero-order chi connectivity index (χ0) is 8.10. The molecule has 0 atom stereocenters. The Morgan fingerprint density at radius 2 is 2.00 bits per heavy atom. The van der Waals surface area contributed by atoms with Gasteiger partial charge >= 0.3 is 0 Å². The number of hydrogen-bond donors (Lipinski definition) is 0. The molecule has 0 bridgehead atoms. The number of nitrogens with zero attached hydrogens (tertiary/aromatic N) is 1. The van der Waals surface area contributed by atoms with Crippen LogP contribution >= 0.6 is 0 Å². The molecule has 1 aromatic rings. The second-order valence-corrected chi connectivity index (χ2v) is 2.44. The third-order valence-electron chi connectivity index (χ3n) is 1.19. The summed E-state index contributed by atoms with van der Waals surface area (Å²) in [6, 6.07) is 9.81. The van der Waals surface area contributed by atoms with Crippen LogP contribution in [0.3, 0.4) is 0 Å². The Bertz CT molecular complexity index is 259. The average Bonchev–Trinajstić information content (AvgIpc) is 2.03. The molecule has 0 saturated heterocycles. The van der Waals surface area contributed by atoms with E-state index in [1.54, 1.807) is 6.21 Å². The molecule has 1 heteroatoms. The van der Waals surface area contributed by atoms with Crippen LogP contribution in [-0.4, -0.2) is 6.21 Å². The van der Waals surface area contributed by atoms with E-state index in [0.29, 0.717) is 0 Å². The standard InChI is InChI=1S/C10H11N/c1-9(2)8-11-10-6-4-3-5-7-10/h3-8H,1H2,2H3/b11-8-. The Balaban J connectivity index is 2.72. The molecule has 1 nitrogen and oxygen atoms in total. The highest BCUT2D eigenvalue weighted by molar-refractivity contribution is 5.79. The lowest BCUT2D eigenvalue weighted by atomic mass is 10.3. The number of benzene rings is 1. The van der Waals surface area contributed by atoms with E-state index in [2.05, 4.69) is 11.6 Å². The minimum absolute atomic E-state index is 0.967. The first-order chi connectivity index (χ1) is 5.29. The van der Waals surface area contributed by atoms with Gasteiger partial charge in [-0.05, 0) is 24.6 Å². The predicted molar refractivity (Wildman–Crippen MR) is 49.4 cm³/mol. The molecule has 0 unspecified atom stereocenters. The molecular weight excluding hydrogens is 134 g/mol. The maximum absolute atomic E-state index is 4.18. The van der Waals surface area contributed by atoms with E-state index in [1.165, 1.54) is 0 Å². The summed E-state index contributed by atoms with van der Waals surface area (Å²) in [6.45, 7) is 5.64. The summed E-state index contributed by atoms with van der Waals surface area (Å²) in [5.74, 6) is 0. The second kappa shape index (κ2) is 3.71. The molecule has 0 N–H and O–H groups in total. The van der Waals surface area contributed by atoms with E-state index >= 15 is 0 Å². The highest BCUT2D eigenvalue weighted by atomic mass is 14.7.